The number of carbonyl (C=O) groups is 2. The van der Waals surface area contributed by atoms with E-state index >= 15 is 0 Å². The van der Waals surface area contributed by atoms with Gasteiger partial charge >= 0.3 is 0 Å². The summed E-state index contributed by atoms with van der Waals surface area (Å²) >= 11 is 6.25. The monoisotopic (exact) mass is 482 g/mol. The number of aryl methyl sites for hydroxylation is 1. The minimum atomic E-state index is -3.97. The smallest absolute Gasteiger partial charge is 0.265 e. The largest absolute Gasteiger partial charge is 0.495 e. The maximum atomic E-state index is 13.0. The zero-order valence-electron chi connectivity index (χ0n) is 17.7. The van der Waals surface area contributed by atoms with Crippen LogP contribution >= 0.6 is 11.6 Å². The summed E-state index contributed by atoms with van der Waals surface area (Å²) < 4.78 is 33.8. The molecule has 0 saturated carbocycles. The Hall–Kier alpha value is -3.49. The second-order valence-electron chi connectivity index (χ2n) is 7.35. The number of rotatable bonds is 5. The van der Waals surface area contributed by atoms with Gasteiger partial charge in [-0.3, -0.25) is 14.3 Å². The van der Waals surface area contributed by atoms with E-state index in [1.807, 2.05) is 6.07 Å². The van der Waals surface area contributed by atoms with Crippen molar-refractivity contribution in [3.8, 4) is 5.75 Å². The van der Waals surface area contributed by atoms with E-state index < -0.39 is 27.0 Å². The number of nitrogens with zero attached hydrogens (tertiary/aromatic N) is 1. The average molecular weight is 483 g/mol. The SMILES string of the molecule is COc1cc(N=C2C(=O)c3ccccc3C(=O)C2Cl)ccc1S(=O)(=O)Nc1ccccc1C. The molecule has 0 bridgehead atoms. The van der Waals surface area contributed by atoms with Crippen LogP contribution < -0.4 is 9.46 Å². The zero-order valence-corrected chi connectivity index (χ0v) is 19.3. The van der Waals surface area contributed by atoms with Crippen LogP contribution in [-0.4, -0.2) is 38.2 Å². The molecule has 0 heterocycles. The van der Waals surface area contributed by atoms with Crippen molar-refractivity contribution >= 4 is 50.3 Å². The molecule has 0 fully saturated rings. The summed E-state index contributed by atoms with van der Waals surface area (Å²) in [5, 5.41) is -1.25. The van der Waals surface area contributed by atoms with Gasteiger partial charge in [-0.05, 0) is 30.7 Å². The van der Waals surface area contributed by atoms with Crippen LogP contribution in [0.5, 0.6) is 5.75 Å². The van der Waals surface area contributed by atoms with Gasteiger partial charge in [-0.25, -0.2) is 13.4 Å². The van der Waals surface area contributed by atoms with Gasteiger partial charge in [-0.1, -0.05) is 42.5 Å². The molecule has 0 saturated heterocycles. The molecule has 1 aliphatic carbocycles. The summed E-state index contributed by atoms with van der Waals surface area (Å²) in [5.41, 5.74) is 1.78. The Morgan fingerprint density at radius 1 is 0.970 bits per heavy atom. The van der Waals surface area contributed by atoms with E-state index in [9.17, 15) is 18.0 Å². The molecular weight excluding hydrogens is 464 g/mol. The number of nitrogens with one attached hydrogen (secondary N) is 1. The fraction of sp³-hybridized carbons (Fsp3) is 0.125. The van der Waals surface area contributed by atoms with Crippen LogP contribution in [0.3, 0.4) is 0 Å². The van der Waals surface area contributed by atoms with E-state index in [-0.39, 0.29) is 33.2 Å². The Morgan fingerprint density at radius 3 is 2.33 bits per heavy atom. The molecule has 1 unspecified atom stereocenters. The number of hydrogen-bond donors (Lipinski definition) is 1. The fourth-order valence-electron chi connectivity index (χ4n) is 3.49. The van der Waals surface area contributed by atoms with Crippen molar-refractivity contribution in [3.63, 3.8) is 0 Å². The second kappa shape index (κ2) is 8.80. The molecule has 3 aromatic rings. The Morgan fingerprint density at radius 2 is 1.64 bits per heavy atom. The molecule has 4 rings (SSSR count). The van der Waals surface area contributed by atoms with Gasteiger partial charge in [0.1, 0.15) is 21.7 Å². The first kappa shape index (κ1) is 22.7. The third-order valence-corrected chi connectivity index (χ3v) is 7.03. The molecule has 7 nitrogen and oxygen atoms in total. The van der Waals surface area contributed by atoms with Gasteiger partial charge in [-0.15, -0.1) is 11.6 Å². The van der Waals surface area contributed by atoms with Crippen molar-refractivity contribution in [2.75, 3.05) is 11.8 Å². The number of ketones is 2. The van der Waals surface area contributed by atoms with Crippen LogP contribution in [0.25, 0.3) is 0 Å². The lowest BCUT2D eigenvalue weighted by Crippen LogP contribution is -2.37. The topological polar surface area (TPSA) is 102 Å². The van der Waals surface area contributed by atoms with E-state index in [1.54, 1.807) is 49.4 Å². The van der Waals surface area contributed by atoms with Crippen molar-refractivity contribution < 1.29 is 22.7 Å². The Kier molecular flexibility index (Phi) is 6.05. The number of sulfonamides is 1. The molecule has 0 amide bonds. The molecule has 3 aromatic carbocycles. The number of hydrogen-bond acceptors (Lipinski definition) is 6. The average Bonchev–Trinajstić information content (AvgIpc) is 2.81. The summed E-state index contributed by atoms with van der Waals surface area (Å²) in [5.74, 6) is -0.847. The Bertz CT molecular complexity index is 1420. The van der Waals surface area contributed by atoms with Gasteiger partial charge < -0.3 is 4.74 Å². The highest BCUT2D eigenvalue weighted by atomic mass is 35.5. The fourth-order valence-corrected chi connectivity index (χ4v) is 5.04. The van der Waals surface area contributed by atoms with Gasteiger partial charge in [0.2, 0.25) is 5.78 Å². The van der Waals surface area contributed by atoms with Crippen LogP contribution in [0.1, 0.15) is 26.3 Å². The molecule has 33 heavy (non-hydrogen) atoms. The number of benzene rings is 3. The number of alkyl halides is 1. The molecular formula is C24H19ClN2O5S. The zero-order chi connectivity index (χ0) is 23.8. The number of methoxy groups -OCH3 is 1. The molecule has 1 aliphatic rings. The lowest BCUT2D eigenvalue weighted by atomic mass is 9.88. The van der Waals surface area contributed by atoms with E-state index in [2.05, 4.69) is 9.71 Å². The standard InChI is InChI=1S/C24H19ClN2O5S/c1-14-7-3-6-10-18(14)27-33(30,31)20-12-11-15(13-19(20)32-2)26-22-21(25)23(28)16-8-4-5-9-17(16)24(22)29/h3-13,21,27H,1-2H3. The number of ether oxygens (including phenoxy) is 1. The van der Waals surface area contributed by atoms with E-state index in [0.717, 1.165) is 5.56 Å². The van der Waals surface area contributed by atoms with E-state index in [4.69, 9.17) is 16.3 Å². The predicted octanol–water partition coefficient (Wildman–Crippen LogP) is 4.56. The molecule has 0 spiro atoms. The van der Waals surface area contributed by atoms with Crippen molar-refractivity contribution in [2.45, 2.75) is 17.2 Å². The maximum Gasteiger partial charge on any atom is 0.265 e. The van der Waals surface area contributed by atoms with Crippen molar-refractivity contribution in [1.29, 1.82) is 0 Å². The second-order valence-corrected chi connectivity index (χ2v) is 9.44. The van der Waals surface area contributed by atoms with Gasteiger partial charge in [0.15, 0.2) is 5.78 Å². The van der Waals surface area contributed by atoms with Crippen LogP contribution in [0.2, 0.25) is 0 Å². The summed E-state index contributed by atoms with van der Waals surface area (Å²) in [7, 11) is -2.64. The first-order valence-corrected chi connectivity index (χ1v) is 11.8. The number of carbonyl (C=O) groups excluding carboxylic acids is 2. The molecule has 1 N–H and O–H groups in total. The van der Waals surface area contributed by atoms with Gasteiger partial charge in [0.05, 0.1) is 18.5 Å². The molecule has 0 aromatic heterocycles. The normalized spacial score (nSPS) is 17.1. The van der Waals surface area contributed by atoms with E-state index in [0.29, 0.717) is 5.69 Å². The third-order valence-electron chi connectivity index (χ3n) is 5.22. The van der Waals surface area contributed by atoms with Gasteiger partial charge in [0.25, 0.3) is 10.0 Å². The summed E-state index contributed by atoms with van der Waals surface area (Å²) in [6.45, 7) is 1.79. The first-order chi connectivity index (χ1) is 15.7. The van der Waals surface area contributed by atoms with Crippen LogP contribution in [0, 0.1) is 6.92 Å². The highest BCUT2D eigenvalue weighted by Gasteiger charge is 2.37. The van der Waals surface area contributed by atoms with Crippen LogP contribution in [0.4, 0.5) is 11.4 Å². The number of Topliss-reactive ketones (excluding diaryl/α,β-unsaturated/α-hetero) is 2. The summed E-state index contributed by atoms with van der Waals surface area (Å²) in [4.78, 5) is 29.7. The van der Waals surface area contributed by atoms with Crippen molar-refractivity contribution in [3.05, 3.63) is 83.4 Å². The number of fused-ring (bicyclic) bond motifs is 1. The Balaban J connectivity index is 1.72. The van der Waals surface area contributed by atoms with Crippen LogP contribution in [0.15, 0.2) is 76.6 Å². The minimum absolute atomic E-state index is 0.0269. The summed E-state index contributed by atoms with van der Waals surface area (Å²) in [6, 6.07) is 17.5. The molecule has 1 atom stereocenters. The number of para-hydroxylation sites is 1. The van der Waals surface area contributed by atoms with Gasteiger partial charge in [0, 0.05) is 17.2 Å². The number of anilines is 1. The molecule has 168 valence electrons. The highest BCUT2D eigenvalue weighted by Crippen LogP contribution is 2.32. The first-order valence-electron chi connectivity index (χ1n) is 9.90. The van der Waals surface area contributed by atoms with Crippen molar-refractivity contribution in [1.82, 2.24) is 0 Å². The predicted molar refractivity (Wildman–Crippen MR) is 127 cm³/mol. The Labute approximate surface area is 196 Å². The minimum Gasteiger partial charge on any atom is -0.495 e. The quantitative estimate of drug-likeness (QED) is 0.537. The highest BCUT2D eigenvalue weighted by molar-refractivity contribution is 7.92. The molecule has 0 aliphatic heterocycles. The lowest BCUT2D eigenvalue weighted by molar-refractivity contribution is 0.0968. The van der Waals surface area contributed by atoms with Gasteiger partial charge in [-0.2, -0.15) is 0 Å². The lowest BCUT2D eigenvalue weighted by Gasteiger charge is -2.20. The molecule has 0 radical (unpaired) electrons. The summed E-state index contributed by atoms with van der Waals surface area (Å²) in [6.07, 6.45) is 0. The third kappa shape index (κ3) is 4.27. The van der Waals surface area contributed by atoms with E-state index in [1.165, 1.54) is 25.3 Å². The number of halogens is 1. The van der Waals surface area contributed by atoms with Crippen LogP contribution in [-0.2, 0) is 10.0 Å². The molecule has 9 heteroatoms. The number of aliphatic imine (C=N–C) groups is 1. The van der Waals surface area contributed by atoms with Crippen molar-refractivity contribution in [2.24, 2.45) is 4.99 Å². The maximum absolute atomic E-state index is 13.0.